The highest BCUT2D eigenvalue weighted by Gasteiger charge is 2.24. The van der Waals surface area contributed by atoms with Crippen molar-refractivity contribution >= 4 is 34.0 Å². The van der Waals surface area contributed by atoms with E-state index in [0.29, 0.717) is 21.7 Å². The van der Waals surface area contributed by atoms with Crippen LogP contribution in [0.2, 0.25) is 0 Å². The van der Waals surface area contributed by atoms with Gasteiger partial charge in [-0.2, -0.15) is 5.26 Å². The molecule has 8 nitrogen and oxygen atoms in total. The van der Waals surface area contributed by atoms with Gasteiger partial charge in [0.1, 0.15) is 10.8 Å². The lowest BCUT2D eigenvalue weighted by atomic mass is 10.1. The Morgan fingerprint density at radius 1 is 1.32 bits per heavy atom. The van der Waals surface area contributed by atoms with Crippen LogP contribution < -0.4 is 5.56 Å². The van der Waals surface area contributed by atoms with Crippen LogP contribution in [0.1, 0.15) is 28.9 Å². The van der Waals surface area contributed by atoms with Gasteiger partial charge in [-0.05, 0) is 19.1 Å². The second-order valence-electron chi connectivity index (χ2n) is 6.05. The molecule has 0 saturated carbocycles. The van der Waals surface area contributed by atoms with Crippen LogP contribution in [0.4, 0.5) is 0 Å². The topological polar surface area (TPSA) is 126 Å². The number of H-pyrrole nitrogens is 1. The van der Waals surface area contributed by atoms with Crippen LogP contribution in [-0.4, -0.2) is 33.3 Å². The van der Waals surface area contributed by atoms with E-state index in [1.807, 2.05) is 6.07 Å². The number of carbonyl (C=O) groups excluding carboxylic acids is 2. The van der Waals surface area contributed by atoms with E-state index in [1.54, 1.807) is 36.6 Å². The van der Waals surface area contributed by atoms with Crippen LogP contribution in [0.5, 0.6) is 0 Å². The molecule has 0 aliphatic heterocycles. The lowest BCUT2D eigenvalue weighted by Gasteiger charge is -2.07. The first-order valence-electron chi connectivity index (χ1n) is 8.46. The van der Waals surface area contributed by atoms with E-state index < -0.39 is 24.3 Å². The number of para-hydroxylation sites is 1. The number of esters is 1. The molecule has 1 aromatic carbocycles. The van der Waals surface area contributed by atoms with Gasteiger partial charge in [0, 0.05) is 17.5 Å². The molecule has 9 heteroatoms. The first-order chi connectivity index (χ1) is 13.5. The number of rotatable bonds is 7. The second kappa shape index (κ2) is 8.54. The number of carbonyl (C=O) groups is 2. The molecule has 28 heavy (non-hydrogen) atoms. The van der Waals surface area contributed by atoms with E-state index >= 15 is 0 Å². The van der Waals surface area contributed by atoms with Crippen molar-refractivity contribution < 1.29 is 14.3 Å². The van der Waals surface area contributed by atoms with E-state index in [4.69, 9.17) is 4.74 Å². The third-order valence-corrected chi connectivity index (χ3v) is 4.97. The van der Waals surface area contributed by atoms with Gasteiger partial charge in [-0.1, -0.05) is 12.1 Å². The largest absolute Gasteiger partial charge is 0.458 e. The van der Waals surface area contributed by atoms with Gasteiger partial charge in [0.15, 0.2) is 18.3 Å². The summed E-state index contributed by atoms with van der Waals surface area (Å²) in [5, 5.41) is 11.8. The van der Waals surface area contributed by atoms with Gasteiger partial charge in [0.2, 0.25) is 0 Å². The van der Waals surface area contributed by atoms with Gasteiger partial charge in [0.25, 0.3) is 5.56 Å². The van der Waals surface area contributed by atoms with E-state index in [2.05, 4.69) is 15.0 Å². The molecule has 3 aromatic rings. The number of ketones is 1. The van der Waals surface area contributed by atoms with E-state index in [1.165, 1.54) is 11.3 Å². The number of fused-ring (bicyclic) bond motifs is 1. The first kappa shape index (κ1) is 19.4. The van der Waals surface area contributed by atoms with Gasteiger partial charge in [-0.15, -0.1) is 11.3 Å². The Hall–Kier alpha value is -3.38. The van der Waals surface area contributed by atoms with Crippen molar-refractivity contribution in [2.24, 2.45) is 0 Å². The van der Waals surface area contributed by atoms with Crippen LogP contribution >= 0.6 is 11.3 Å². The summed E-state index contributed by atoms with van der Waals surface area (Å²) < 4.78 is 4.97. The number of thiazole rings is 1. The Morgan fingerprint density at radius 2 is 2.11 bits per heavy atom. The third kappa shape index (κ3) is 4.47. The minimum absolute atomic E-state index is 0.0534. The van der Waals surface area contributed by atoms with Gasteiger partial charge in [-0.3, -0.25) is 14.4 Å². The predicted molar refractivity (Wildman–Crippen MR) is 102 cm³/mol. The monoisotopic (exact) mass is 396 g/mol. The zero-order valence-electron chi connectivity index (χ0n) is 15.0. The third-order valence-electron chi connectivity index (χ3n) is 3.94. The van der Waals surface area contributed by atoms with Crippen LogP contribution in [-0.2, 0) is 20.7 Å². The summed E-state index contributed by atoms with van der Waals surface area (Å²) in [5.74, 6) is -1.83. The molecular weight excluding hydrogens is 380 g/mol. The molecule has 0 radical (unpaired) electrons. The summed E-state index contributed by atoms with van der Waals surface area (Å²) in [6.07, 6.45) is 0.114. The first-order valence-corrected chi connectivity index (χ1v) is 9.34. The van der Waals surface area contributed by atoms with Crippen molar-refractivity contribution in [3.8, 4) is 6.07 Å². The number of aromatic amines is 1. The van der Waals surface area contributed by atoms with Crippen molar-refractivity contribution in [3.05, 3.63) is 56.5 Å². The number of nitrogens with zero attached hydrogens (tertiary/aromatic N) is 3. The minimum Gasteiger partial charge on any atom is -0.458 e. The Labute approximate surface area is 163 Å². The molecule has 0 spiro atoms. The SMILES string of the molecule is Cc1csc([C@H](C#N)C(=O)COC(=O)CCc2nc3ccccc3c(=O)[nH]2)n1. The molecule has 142 valence electrons. The molecule has 0 fully saturated rings. The Morgan fingerprint density at radius 3 is 2.82 bits per heavy atom. The average Bonchev–Trinajstić information content (AvgIpc) is 3.11. The fourth-order valence-electron chi connectivity index (χ4n) is 2.55. The predicted octanol–water partition coefficient (Wildman–Crippen LogP) is 2.04. The fourth-order valence-corrected chi connectivity index (χ4v) is 3.41. The van der Waals surface area contributed by atoms with Crippen molar-refractivity contribution in [1.29, 1.82) is 5.26 Å². The number of nitrogens with one attached hydrogen (secondary N) is 1. The van der Waals surface area contributed by atoms with Crippen molar-refractivity contribution in [3.63, 3.8) is 0 Å². The maximum absolute atomic E-state index is 12.2. The molecule has 0 saturated heterocycles. The Kier molecular flexibility index (Phi) is 5.91. The van der Waals surface area contributed by atoms with Crippen LogP contribution in [0.15, 0.2) is 34.4 Å². The zero-order valence-corrected chi connectivity index (χ0v) is 15.8. The highest BCUT2D eigenvalue weighted by molar-refractivity contribution is 7.09. The number of hydrogen-bond donors (Lipinski definition) is 1. The average molecular weight is 396 g/mol. The van der Waals surface area contributed by atoms with Crippen LogP contribution in [0.25, 0.3) is 10.9 Å². The van der Waals surface area contributed by atoms with Crippen molar-refractivity contribution in [2.75, 3.05) is 6.61 Å². The molecule has 1 atom stereocenters. The second-order valence-corrected chi connectivity index (χ2v) is 6.94. The van der Waals surface area contributed by atoms with Gasteiger partial charge < -0.3 is 9.72 Å². The van der Waals surface area contributed by atoms with Gasteiger partial charge in [0.05, 0.1) is 23.4 Å². The van der Waals surface area contributed by atoms with Crippen LogP contribution in [0.3, 0.4) is 0 Å². The molecule has 2 heterocycles. The van der Waals surface area contributed by atoms with Gasteiger partial charge >= 0.3 is 5.97 Å². The molecule has 0 aliphatic rings. The van der Waals surface area contributed by atoms with Crippen molar-refractivity contribution in [2.45, 2.75) is 25.7 Å². The summed E-state index contributed by atoms with van der Waals surface area (Å²) in [7, 11) is 0. The molecule has 0 amide bonds. The Balaban J connectivity index is 1.55. The van der Waals surface area contributed by atoms with Crippen molar-refractivity contribution in [1.82, 2.24) is 15.0 Å². The van der Waals surface area contributed by atoms with E-state index in [-0.39, 0.29) is 18.4 Å². The molecule has 0 bridgehead atoms. The molecular formula is C19H16N4O4S. The number of aryl methyl sites for hydroxylation is 2. The van der Waals surface area contributed by atoms with Crippen LogP contribution in [0, 0.1) is 18.3 Å². The van der Waals surface area contributed by atoms with E-state index in [9.17, 15) is 19.6 Å². The summed E-state index contributed by atoms with van der Waals surface area (Å²) >= 11 is 1.22. The number of benzene rings is 1. The summed E-state index contributed by atoms with van der Waals surface area (Å²) in [6.45, 7) is 1.27. The lowest BCUT2D eigenvalue weighted by molar-refractivity contribution is -0.148. The maximum Gasteiger partial charge on any atom is 0.306 e. The zero-order chi connectivity index (χ0) is 20.1. The number of ether oxygens (including phenoxy) is 1. The molecule has 3 rings (SSSR count). The highest BCUT2D eigenvalue weighted by Crippen LogP contribution is 2.20. The summed E-state index contributed by atoms with van der Waals surface area (Å²) in [5.41, 5.74) is 0.988. The van der Waals surface area contributed by atoms with Gasteiger partial charge in [-0.25, -0.2) is 9.97 Å². The highest BCUT2D eigenvalue weighted by atomic mass is 32.1. The number of nitriles is 1. The molecule has 0 unspecified atom stereocenters. The number of Topliss-reactive ketones (excluding diaryl/α,β-unsaturated/α-hetero) is 1. The molecule has 0 aliphatic carbocycles. The molecule has 1 N–H and O–H groups in total. The lowest BCUT2D eigenvalue weighted by Crippen LogP contribution is -2.20. The standard InChI is InChI=1S/C19H16N4O4S/c1-11-10-28-19(21-11)13(8-20)15(24)9-27-17(25)7-6-16-22-14-5-3-2-4-12(14)18(26)23-16/h2-5,10,13H,6-7,9H2,1H3,(H,22,23,26)/t13-/m1/s1. The number of aromatic nitrogens is 3. The molecule has 2 aromatic heterocycles. The maximum atomic E-state index is 12.2. The fraction of sp³-hybridized carbons (Fsp3) is 0.263. The smallest absolute Gasteiger partial charge is 0.306 e. The normalized spacial score (nSPS) is 11.7. The quantitative estimate of drug-likeness (QED) is 0.606. The minimum atomic E-state index is -1.05. The Bertz CT molecular complexity index is 1130. The van der Waals surface area contributed by atoms with E-state index in [0.717, 1.165) is 5.69 Å². The summed E-state index contributed by atoms with van der Waals surface area (Å²) in [4.78, 5) is 47.2. The summed E-state index contributed by atoms with van der Waals surface area (Å²) in [6, 6.07) is 8.79. The number of hydrogen-bond acceptors (Lipinski definition) is 8.